The molecule has 1 atom stereocenters. The zero-order valence-corrected chi connectivity index (χ0v) is 12.7. The third-order valence-electron chi connectivity index (χ3n) is 3.96. The van der Waals surface area contributed by atoms with Crippen LogP contribution in [-0.4, -0.2) is 27.0 Å². The molecule has 1 aromatic heterocycles. The minimum absolute atomic E-state index is 0.223. The van der Waals surface area contributed by atoms with E-state index in [1.807, 2.05) is 6.20 Å². The van der Waals surface area contributed by atoms with Gasteiger partial charge in [-0.15, -0.1) is 0 Å². The van der Waals surface area contributed by atoms with Gasteiger partial charge in [0.25, 0.3) is 0 Å². The number of amides is 1. The highest BCUT2D eigenvalue weighted by Gasteiger charge is 2.50. The van der Waals surface area contributed by atoms with Crippen molar-refractivity contribution in [3.8, 4) is 0 Å². The van der Waals surface area contributed by atoms with Crippen LogP contribution < -0.4 is 11.1 Å². The maximum atomic E-state index is 12.2. The number of carbonyl (C=O) groups is 1. The zero-order valence-electron chi connectivity index (χ0n) is 12.7. The van der Waals surface area contributed by atoms with Crippen molar-refractivity contribution >= 4 is 5.91 Å². The lowest BCUT2D eigenvalue weighted by Gasteiger charge is -2.35. The van der Waals surface area contributed by atoms with Gasteiger partial charge in [-0.3, -0.25) is 10.1 Å². The molecule has 0 aliphatic heterocycles. The number of nitrogens with two attached hydrogens (primary N) is 1. The van der Waals surface area contributed by atoms with Crippen LogP contribution in [0, 0.1) is 5.92 Å². The zero-order chi connectivity index (χ0) is 14.8. The van der Waals surface area contributed by atoms with Crippen molar-refractivity contribution in [1.29, 1.82) is 0 Å². The summed E-state index contributed by atoms with van der Waals surface area (Å²) in [6.07, 6.45) is 7.86. The molecule has 3 N–H and O–H groups in total. The summed E-state index contributed by atoms with van der Waals surface area (Å²) in [5.41, 5.74) is 5.12. The highest BCUT2D eigenvalue weighted by molar-refractivity contribution is 5.85. The first kappa shape index (κ1) is 15.0. The quantitative estimate of drug-likeness (QED) is 0.756. The van der Waals surface area contributed by atoms with Crippen LogP contribution in [-0.2, 0) is 17.8 Å². The molecule has 0 bridgehead atoms. The average molecular weight is 278 g/mol. The van der Waals surface area contributed by atoms with Gasteiger partial charge in [0.05, 0.1) is 6.54 Å². The predicted octanol–water partition coefficient (Wildman–Crippen LogP) is 1.47. The van der Waals surface area contributed by atoms with E-state index in [9.17, 15) is 4.79 Å². The Morgan fingerprint density at radius 3 is 2.80 bits per heavy atom. The molecule has 0 spiro atoms. The van der Waals surface area contributed by atoms with E-state index < -0.39 is 5.54 Å². The summed E-state index contributed by atoms with van der Waals surface area (Å²) in [6, 6.07) is 0.223. The van der Waals surface area contributed by atoms with E-state index in [2.05, 4.69) is 35.6 Å². The molecule has 2 rings (SSSR count). The third kappa shape index (κ3) is 3.03. The molecule has 1 unspecified atom stereocenters. The number of primary amides is 1. The van der Waals surface area contributed by atoms with Crippen LogP contribution in [0.3, 0.4) is 0 Å². The van der Waals surface area contributed by atoms with Crippen LogP contribution in [0.2, 0.25) is 0 Å². The van der Waals surface area contributed by atoms with Crippen molar-refractivity contribution in [3.63, 3.8) is 0 Å². The Hall–Kier alpha value is -1.36. The first-order chi connectivity index (χ1) is 9.49. The second kappa shape index (κ2) is 5.95. The molecule has 1 fully saturated rings. The van der Waals surface area contributed by atoms with Crippen molar-refractivity contribution in [2.75, 3.05) is 0 Å². The number of nitrogens with one attached hydrogen (secondary N) is 1. The van der Waals surface area contributed by atoms with E-state index in [4.69, 9.17) is 5.73 Å². The molecule has 5 heteroatoms. The fourth-order valence-electron chi connectivity index (χ4n) is 2.94. The van der Waals surface area contributed by atoms with Gasteiger partial charge in [-0.05, 0) is 39.0 Å². The SMILES string of the molecule is CCCc1nccn1CC(NC(C)C)(C(N)=O)C1CC1. The Kier molecular flexibility index (Phi) is 4.48. The second-order valence-electron chi connectivity index (χ2n) is 6.13. The van der Waals surface area contributed by atoms with Crippen molar-refractivity contribution in [2.24, 2.45) is 11.7 Å². The highest BCUT2D eigenvalue weighted by atomic mass is 16.1. The Labute approximate surface area is 120 Å². The van der Waals surface area contributed by atoms with Crippen LogP contribution >= 0.6 is 0 Å². The van der Waals surface area contributed by atoms with Gasteiger partial charge in [-0.2, -0.15) is 0 Å². The summed E-state index contributed by atoms with van der Waals surface area (Å²) in [6.45, 7) is 6.83. The molecule has 0 radical (unpaired) electrons. The average Bonchev–Trinajstić information content (AvgIpc) is 3.13. The Bertz CT molecular complexity index is 464. The van der Waals surface area contributed by atoms with Gasteiger partial charge < -0.3 is 10.3 Å². The molecule has 1 aromatic rings. The van der Waals surface area contributed by atoms with Crippen LogP contribution in [0.25, 0.3) is 0 Å². The number of nitrogens with zero attached hydrogens (tertiary/aromatic N) is 2. The molecule has 0 saturated heterocycles. The van der Waals surface area contributed by atoms with Gasteiger partial charge in [0.1, 0.15) is 11.4 Å². The van der Waals surface area contributed by atoms with Gasteiger partial charge in [-0.25, -0.2) is 4.98 Å². The Balaban J connectivity index is 2.26. The van der Waals surface area contributed by atoms with Crippen LogP contribution in [0.15, 0.2) is 12.4 Å². The lowest BCUT2D eigenvalue weighted by molar-refractivity contribution is -0.126. The van der Waals surface area contributed by atoms with Crippen molar-refractivity contribution in [1.82, 2.24) is 14.9 Å². The summed E-state index contributed by atoms with van der Waals surface area (Å²) in [5, 5.41) is 3.44. The summed E-state index contributed by atoms with van der Waals surface area (Å²) in [4.78, 5) is 16.6. The highest BCUT2D eigenvalue weighted by Crippen LogP contribution is 2.41. The molecule has 1 amide bonds. The first-order valence-electron chi connectivity index (χ1n) is 7.57. The number of carbonyl (C=O) groups excluding carboxylic acids is 1. The molecular weight excluding hydrogens is 252 g/mol. The summed E-state index contributed by atoms with van der Waals surface area (Å²) >= 11 is 0. The largest absolute Gasteiger partial charge is 0.368 e. The predicted molar refractivity (Wildman–Crippen MR) is 79.1 cm³/mol. The standard InChI is InChI=1S/C15H26N4O/c1-4-5-13-17-8-9-19(13)10-15(14(16)20,12-6-7-12)18-11(2)3/h8-9,11-12,18H,4-7,10H2,1-3H3,(H2,16,20). The monoisotopic (exact) mass is 278 g/mol. The molecule has 1 aliphatic rings. The fraction of sp³-hybridized carbons (Fsp3) is 0.733. The lowest BCUT2D eigenvalue weighted by Crippen LogP contribution is -2.61. The van der Waals surface area contributed by atoms with Gasteiger partial charge in [-0.1, -0.05) is 6.92 Å². The summed E-state index contributed by atoms with van der Waals surface area (Å²) < 4.78 is 2.09. The van der Waals surface area contributed by atoms with E-state index in [0.29, 0.717) is 12.5 Å². The summed E-state index contributed by atoms with van der Waals surface area (Å²) in [7, 11) is 0. The number of aryl methyl sites for hydroxylation is 1. The number of rotatable bonds is 8. The molecule has 20 heavy (non-hydrogen) atoms. The van der Waals surface area contributed by atoms with Crippen LogP contribution in [0.4, 0.5) is 0 Å². The smallest absolute Gasteiger partial charge is 0.239 e. The van der Waals surface area contributed by atoms with Crippen molar-refractivity contribution < 1.29 is 4.79 Å². The van der Waals surface area contributed by atoms with Gasteiger partial charge >= 0.3 is 0 Å². The summed E-state index contributed by atoms with van der Waals surface area (Å²) in [5.74, 6) is 1.13. The maximum Gasteiger partial charge on any atom is 0.239 e. The van der Waals surface area contributed by atoms with Crippen molar-refractivity contribution in [3.05, 3.63) is 18.2 Å². The van der Waals surface area contributed by atoms with E-state index in [0.717, 1.165) is 31.5 Å². The molecular formula is C15H26N4O. The molecule has 1 heterocycles. The van der Waals surface area contributed by atoms with E-state index in [1.54, 1.807) is 6.20 Å². The van der Waals surface area contributed by atoms with Gasteiger partial charge in [0, 0.05) is 24.9 Å². The molecule has 1 aliphatic carbocycles. The number of hydrogen-bond acceptors (Lipinski definition) is 3. The lowest BCUT2D eigenvalue weighted by atomic mass is 9.90. The Morgan fingerprint density at radius 2 is 2.30 bits per heavy atom. The molecule has 0 aromatic carbocycles. The number of imidazole rings is 1. The fourth-order valence-corrected chi connectivity index (χ4v) is 2.94. The van der Waals surface area contributed by atoms with Gasteiger partial charge in [0.2, 0.25) is 5.91 Å². The number of aromatic nitrogens is 2. The minimum atomic E-state index is -0.642. The van der Waals surface area contributed by atoms with E-state index in [1.165, 1.54) is 0 Å². The molecule has 1 saturated carbocycles. The van der Waals surface area contributed by atoms with Crippen LogP contribution in [0.5, 0.6) is 0 Å². The topological polar surface area (TPSA) is 72.9 Å². The van der Waals surface area contributed by atoms with E-state index >= 15 is 0 Å². The normalized spacial score (nSPS) is 18.2. The Morgan fingerprint density at radius 1 is 1.60 bits per heavy atom. The van der Waals surface area contributed by atoms with E-state index in [-0.39, 0.29) is 11.9 Å². The molecule has 112 valence electrons. The second-order valence-corrected chi connectivity index (χ2v) is 6.13. The maximum absolute atomic E-state index is 12.2. The third-order valence-corrected chi connectivity index (χ3v) is 3.96. The van der Waals surface area contributed by atoms with Gasteiger partial charge in [0.15, 0.2) is 0 Å². The molecule has 5 nitrogen and oxygen atoms in total. The first-order valence-corrected chi connectivity index (χ1v) is 7.57. The van der Waals surface area contributed by atoms with Crippen molar-refractivity contribution in [2.45, 2.75) is 64.6 Å². The number of hydrogen-bond donors (Lipinski definition) is 2. The minimum Gasteiger partial charge on any atom is -0.368 e. The van der Waals surface area contributed by atoms with Crippen LogP contribution in [0.1, 0.15) is 45.9 Å².